The van der Waals surface area contributed by atoms with E-state index < -0.39 is 0 Å². The van der Waals surface area contributed by atoms with Gasteiger partial charge in [-0.1, -0.05) is 0 Å². The molecule has 0 heterocycles. The number of hydrogen-bond donors (Lipinski definition) is 1. The number of rotatable bonds is 3. The van der Waals surface area contributed by atoms with Gasteiger partial charge in [-0.3, -0.25) is 4.90 Å². The highest BCUT2D eigenvalue weighted by Crippen LogP contribution is 2.17. The highest BCUT2D eigenvalue weighted by Gasteiger charge is 2.09. The second-order valence-corrected chi connectivity index (χ2v) is 3.87. The third-order valence-electron chi connectivity index (χ3n) is 2.16. The van der Waals surface area contributed by atoms with Gasteiger partial charge in [0.05, 0.1) is 7.11 Å². The van der Waals surface area contributed by atoms with Crippen LogP contribution in [-0.4, -0.2) is 26.3 Å². The molecule has 0 atom stereocenters. The zero-order chi connectivity index (χ0) is 12.1. The minimum absolute atomic E-state index is 0.371. The Hall–Kier alpha value is -1.71. The Morgan fingerprint density at radius 1 is 1.31 bits per heavy atom. The molecule has 1 amide bonds. The minimum Gasteiger partial charge on any atom is -0.452 e. The molecule has 88 valence electrons. The Bertz CT molecular complexity index is 347. The first-order chi connectivity index (χ1) is 7.54. The molecule has 0 saturated carbocycles. The molecule has 0 spiro atoms. The lowest BCUT2D eigenvalue weighted by atomic mass is 10.2. The third-order valence-corrected chi connectivity index (χ3v) is 2.16. The van der Waals surface area contributed by atoms with Crippen molar-refractivity contribution in [3.63, 3.8) is 0 Å². The topological polar surface area (TPSA) is 41.6 Å². The first-order valence-corrected chi connectivity index (χ1v) is 5.23. The number of nitrogens with one attached hydrogen (secondary N) is 1. The number of amides is 1. The highest BCUT2D eigenvalue weighted by molar-refractivity contribution is 5.87. The molecule has 0 bridgehead atoms. The van der Waals surface area contributed by atoms with Crippen LogP contribution in [0, 0.1) is 0 Å². The summed E-state index contributed by atoms with van der Waals surface area (Å²) in [5.74, 6) is 0. The van der Waals surface area contributed by atoms with Gasteiger partial charge in [0.15, 0.2) is 0 Å². The molecule has 0 radical (unpaired) electrons. The van der Waals surface area contributed by atoms with E-state index >= 15 is 0 Å². The predicted octanol–water partition coefficient (Wildman–Crippen LogP) is 2.71. The standard InChI is InChI=1S/C12H18N2O2/c1-9(2)13-10-5-7-11(8-6-10)14(3)12(15)16-4/h5-9,13H,1-4H3. The van der Waals surface area contributed by atoms with E-state index in [9.17, 15) is 4.79 Å². The number of carbonyl (C=O) groups is 1. The monoisotopic (exact) mass is 222 g/mol. The van der Waals surface area contributed by atoms with Gasteiger partial charge in [-0.15, -0.1) is 0 Å². The molecule has 1 N–H and O–H groups in total. The fourth-order valence-corrected chi connectivity index (χ4v) is 1.36. The fourth-order valence-electron chi connectivity index (χ4n) is 1.36. The number of nitrogens with zero attached hydrogens (tertiary/aromatic N) is 1. The van der Waals surface area contributed by atoms with Crippen LogP contribution in [0.1, 0.15) is 13.8 Å². The van der Waals surface area contributed by atoms with Crippen molar-refractivity contribution in [1.29, 1.82) is 0 Å². The van der Waals surface area contributed by atoms with Gasteiger partial charge in [0.1, 0.15) is 0 Å². The van der Waals surface area contributed by atoms with Gasteiger partial charge >= 0.3 is 6.09 Å². The molecule has 0 aromatic heterocycles. The van der Waals surface area contributed by atoms with E-state index in [1.54, 1.807) is 7.05 Å². The largest absolute Gasteiger partial charge is 0.452 e. The van der Waals surface area contributed by atoms with Gasteiger partial charge in [0.2, 0.25) is 0 Å². The molecule has 1 rings (SSSR count). The molecule has 16 heavy (non-hydrogen) atoms. The van der Waals surface area contributed by atoms with Crippen molar-refractivity contribution < 1.29 is 9.53 Å². The maximum Gasteiger partial charge on any atom is 0.413 e. The maximum atomic E-state index is 11.3. The minimum atomic E-state index is -0.371. The van der Waals surface area contributed by atoms with E-state index in [0.717, 1.165) is 11.4 Å². The number of carbonyl (C=O) groups excluding carboxylic acids is 1. The lowest BCUT2D eigenvalue weighted by Crippen LogP contribution is -2.25. The zero-order valence-corrected chi connectivity index (χ0v) is 10.2. The Labute approximate surface area is 96.2 Å². The van der Waals surface area contributed by atoms with Crippen LogP contribution in [0.25, 0.3) is 0 Å². The number of ether oxygens (including phenoxy) is 1. The molecule has 0 fully saturated rings. The summed E-state index contributed by atoms with van der Waals surface area (Å²) in [5.41, 5.74) is 1.85. The van der Waals surface area contributed by atoms with Crippen LogP contribution in [0.5, 0.6) is 0 Å². The van der Waals surface area contributed by atoms with Crippen molar-refractivity contribution >= 4 is 17.5 Å². The van der Waals surface area contributed by atoms with Gasteiger partial charge in [0.25, 0.3) is 0 Å². The van der Waals surface area contributed by atoms with Crippen molar-refractivity contribution in [1.82, 2.24) is 0 Å². The first-order valence-electron chi connectivity index (χ1n) is 5.23. The van der Waals surface area contributed by atoms with Crippen molar-refractivity contribution in [2.24, 2.45) is 0 Å². The average molecular weight is 222 g/mol. The SMILES string of the molecule is COC(=O)N(C)c1ccc(NC(C)C)cc1. The van der Waals surface area contributed by atoms with Crippen LogP contribution in [0.3, 0.4) is 0 Å². The number of hydrogen-bond acceptors (Lipinski definition) is 3. The van der Waals surface area contributed by atoms with E-state index in [4.69, 9.17) is 0 Å². The van der Waals surface area contributed by atoms with E-state index in [1.807, 2.05) is 24.3 Å². The molecule has 1 aromatic carbocycles. The summed E-state index contributed by atoms with van der Waals surface area (Å²) in [4.78, 5) is 12.7. The van der Waals surface area contributed by atoms with E-state index in [2.05, 4.69) is 23.9 Å². The summed E-state index contributed by atoms with van der Waals surface area (Å²) in [6, 6.07) is 8.02. The van der Waals surface area contributed by atoms with Crippen LogP contribution in [-0.2, 0) is 4.74 Å². The van der Waals surface area contributed by atoms with Crippen LogP contribution in [0.4, 0.5) is 16.2 Å². The van der Waals surface area contributed by atoms with E-state index in [1.165, 1.54) is 12.0 Å². The summed E-state index contributed by atoms with van der Waals surface area (Å²) in [6.45, 7) is 4.16. The molecule has 4 heteroatoms. The van der Waals surface area contributed by atoms with E-state index in [-0.39, 0.29) is 6.09 Å². The molecule has 0 unspecified atom stereocenters. The van der Waals surface area contributed by atoms with Gasteiger partial charge in [-0.25, -0.2) is 4.79 Å². The smallest absolute Gasteiger partial charge is 0.413 e. The van der Waals surface area contributed by atoms with Crippen molar-refractivity contribution in [3.05, 3.63) is 24.3 Å². The van der Waals surface area contributed by atoms with Gasteiger partial charge in [-0.05, 0) is 38.1 Å². The summed E-state index contributed by atoms with van der Waals surface area (Å²) in [7, 11) is 3.05. The zero-order valence-electron chi connectivity index (χ0n) is 10.2. The molecule has 0 aliphatic heterocycles. The Morgan fingerprint density at radius 2 is 1.88 bits per heavy atom. The predicted molar refractivity (Wildman–Crippen MR) is 66.0 cm³/mol. The fraction of sp³-hybridized carbons (Fsp3) is 0.417. The lowest BCUT2D eigenvalue weighted by Gasteiger charge is -2.16. The molecule has 1 aromatic rings. The van der Waals surface area contributed by atoms with Crippen LogP contribution < -0.4 is 10.2 Å². The summed E-state index contributed by atoms with van der Waals surface area (Å²) in [6.07, 6.45) is -0.371. The highest BCUT2D eigenvalue weighted by atomic mass is 16.5. The van der Waals surface area contributed by atoms with Gasteiger partial charge in [0, 0.05) is 24.5 Å². The number of methoxy groups -OCH3 is 1. The Morgan fingerprint density at radius 3 is 2.31 bits per heavy atom. The van der Waals surface area contributed by atoms with E-state index in [0.29, 0.717) is 6.04 Å². The molecule has 4 nitrogen and oxygen atoms in total. The molecule has 0 saturated heterocycles. The summed E-state index contributed by atoms with van der Waals surface area (Å²) >= 11 is 0. The molecular formula is C12H18N2O2. The normalized spacial score (nSPS) is 10.1. The maximum absolute atomic E-state index is 11.3. The Kier molecular flexibility index (Phi) is 4.17. The summed E-state index contributed by atoms with van der Waals surface area (Å²) < 4.78 is 4.63. The van der Waals surface area contributed by atoms with Crippen LogP contribution in [0.2, 0.25) is 0 Å². The quantitative estimate of drug-likeness (QED) is 0.855. The number of anilines is 2. The first kappa shape index (κ1) is 12.4. The average Bonchev–Trinajstić information content (AvgIpc) is 2.27. The van der Waals surface area contributed by atoms with Crippen molar-refractivity contribution in [2.75, 3.05) is 24.4 Å². The van der Waals surface area contributed by atoms with Crippen molar-refractivity contribution in [2.45, 2.75) is 19.9 Å². The van der Waals surface area contributed by atoms with Gasteiger partial charge in [-0.2, -0.15) is 0 Å². The van der Waals surface area contributed by atoms with Crippen LogP contribution >= 0.6 is 0 Å². The number of benzene rings is 1. The van der Waals surface area contributed by atoms with Crippen molar-refractivity contribution in [3.8, 4) is 0 Å². The molecule has 0 aliphatic carbocycles. The second kappa shape index (κ2) is 5.39. The summed E-state index contributed by atoms with van der Waals surface area (Å²) in [5, 5.41) is 3.28. The molecule has 0 aliphatic rings. The second-order valence-electron chi connectivity index (χ2n) is 3.87. The van der Waals surface area contributed by atoms with Gasteiger partial charge < -0.3 is 10.1 Å². The van der Waals surface area contributed by atoms with Crippen LogP contribution in [0.15, 0.2) is 24.3 Å². The molecular weight excluding hydrogens is 204 g/mol. The third kappa shape index (κ3) is 3.15. The Balaban J connectivity index is 2.74. The lowest BCUT2D eigenvalue weighted by molar-refractivity contribution is 0.180.